The second-order valence-corrected chi connectivity index (χ2v) is 4.26. The van der Waals surface area contributed by atoms with Crippen LogP contribution >= 0.6 is 0 Å². The lowest BCUT2D eigenvalue weighted by atomic mass is 10.1. The third-order valence-corrected chi connectivity index (χ3v) is 2.66. The van der Waals surface area contributed by atoms with Gasteiger partial charge in [-0.1, -0.05) is 0 Å². The maximum atomic E-state index is 11.9. The van der Waals surface area contributed by atoms with Crippen LogP contribution in [0.4, 0.5) is 0 Å². The summed E-state index contributed by atoms with van der Waals surface area (Å²) in [5.74, 6) is -1.79. The van der Waals surface area contributed by atoms with Gasteiger partial charge in [0.2, 0.25) is 11.7 Å². The first-order valence-electron chi connectivity index (χ1n) is 6.53. The Bertz CT molecular complexity index is 493. The summed E-state index contributed by atoms with van der Waals surface area (Å²) >= 11 is 0. The number of methoxy groups -OCH3 is 1. The third-order valence-electron chi connectivity index (χ3n) is 2.66. The molecule has 9 nitrogen and oxygen atoms in total. The summed E-state index contributed by atoms with van der Waals surface area (Å²) in [6.45, 7) is 1.39. The van der Waals surface area contributed by atoms with Gasteiger partial charge in [-0.15, -0.1) is 0 Å². The molecule has 22 heavy (non-hydrogen) atoms. The first-order chi connectivity index (χ1) is 10.5. The van der Waals surface area contributed by atoms with Gasteiger partial charge in [-0.05, 0) is 13.3 Å². The van der Waals surface area contributed by atoms with E-state index >= 15 is 0 Å². The van der Waals surface area contributed by atoms with Gasteiger partial charge in [0.05, 0.1) is 12.5 Å². The van der Waals surface area contributed by atoms with Crippen molar-refractivity contribution >= 4 is 23.9 Å². The fraction of sp³-hybridized carbons (Fsp3) is 0.615. The minimum absolute atomic E-state index is 0.0248. The topological polar surface area (TPSA) is 142 Å². The van der Waals surface area contributed by atoms with Crippen LogP contribution in [-0.4, -0.2) is 54.5 Å². The SMILES string of the molecule is CO[C@H](C)C(=O)N[C@@H](CCC(=O)C=[N+]=[N-])C(=O)OCCC#N. The average molecular weight is 310 g/mol. The van der Waals surface area contributed by atoms with Gasteiger partial charge in [-0.2, -0.15) is 10.1 Å². The summed E-state index contributed by atoms with van der Waals surface area (Å²) in [4.78, 5) is 37.4. The third kappa shape index (κ3) is 7.89. The lowest BCUT2D eigenvalue weighted by Crippen LogP contribution is -2.46. The van der Waals surface area contributed by atoms with Crippen LogP contribution in [0, 0.1) is 11.3 Å². The molecule has 0 radical (unpaired) electrons. The first kappa shape index (κ1) is 19.4. The zero-order valence-electron chi connectivity index (χ0n) is 12.4. The van der Waals surface area contributed by atoms with Crippen LogP contribution in [0.25, 0.3) is 5.53 Å². The Morgan fingerprint density at radius 2 is 2.14 bits per heavy atom. The van der Waals surface area contributed by atoms with E-state index < -0.39 is 29.8 Å². The number of carbonyl (C=O) groups excluding carboxylic acids is 3. The fourth-order valence-electron chi connectivity index (χ4n) is 1.36. The molecule has 0 aliphatic carbocycles. The summed E-state index contributed by atoms with van der Waals surface area (Å²) in [6.07, 6.45) is -0.194. The van der Waals surface area contributed by atoms with Crippen molar-refractivity contribution in [1.29, 1.82) is 5.26 Å². The molecule has 0 fully saturated rings. The van der Waals surface area contributed by atoms with Gasteiger partial charge in [0, 0.05) is 13.5 Å². The Labute approximate surface area is 127 Å². The Morgan fingerprint density at radius 1 is 1.45 bits per heavy atom. The van der Waals surface area contributed by atoms with Gasteiger partial charge in [-0.25, -0.2) is 4.79 Å². The van der Waals surface area contributed by atoms with Crippen molar-refractivity contribution in [2.24, 2.45) is 0 Å². The first-order valence-corrected chi connectivity index (χ1v) is 6.53. The lowest BCUT2D eigenvalue weighted by molar-refractivity contribution is -0.149. The van der Waals surface area contributed by atoms with Crippen molar-refractivity contribution in [3.05, 3.63) is 5.53 Å². The summed E-state index contributed by atoms with van der Waals surface area (Å²) in [5.41, 5.74) is 8.24. The van der Waals surface area contributed by atoms with Crippen molar-refractivity contribution < 1.29 is 28.6 Å². The molecule has 0 aromatic carbocycles. The molecule has 0 aliphatic heterocycles. The number of Topliss-reactive ketones (excluding diaryl/α,β-unsaturated/α-hetero) is 1. The van der Waals surface area contributed by atoms with Crippen molar-refractivity contribution in [2.45, 2.75) is 38.3 Å². The van der Waals surface area contributed by atoms with Gasteiger partial charge < -0.3 is 20.3 Å². The molecule has 0 aromatic heterocycles. The molecule has 0 rings (SSSR count). The monoisotopic (exact) mass is 310 g/mol. The Balaban J connectivity index is 4.71. The molecule has 1 amide bonds. The number of nitrogens with zero attached hydrogens (tertiary/aromatic N) is 3. The molecule has 9 heteroatoms. The maximum absolute atomic E-state index is 11.9. The highest BCUT2D eigenvalue weighted by molar-refractivity contribution is 6.25. The standard InChI is InChI=1S/C13H18N4O5/c1-9(21-2)12(19)17-11(5-4-10(18)8-16-15)13(20)22-7-3-6-14/h8-9,11H,3-5,7H2,1-2H3,(H,17,19)/t9-,11+/m1/s1. The Hall–Kier alpha value is -2.56. The highest BCUT2D eigenvalue weighted by atomic mass is 16.5. The molecule has 0 aromatic rings. The van der Waals surface area contributed by atoms with E-state index in [1.807, 2.05) is 6.07 Å². The summed E-state index contributed by atoms with van der Waals surface area (Å²) in [7, 11) is 1.34. The van der Waals surface area contributed by atoms with Gasteiger partial charge in [0.15, 0.2) is 0 Å². The highest BCUT2D eigenvalue weighted by Crippen LogP contribution is 2.03. The number of ether oxygens (including phenoxy) is 2. The molecule has 0 saturated heterocycles. The molecule has 0 spiro atoms. The lowest BCUT2D eigenvalue weighted by Gasteiger charge is -2.18. The molecular weight excluding hydrogens is 292 g/mol. The van der Waals surface area contributed by atoms with Crippen molar-refractivity contribution in [3.63, 3.8) is 0 Å². The normalized spacial score (nSPS) is 12.2. The van der Waals surface area contributed by atoms with Crippen LogP contribution in [0.5, 0.6) is 0 Å². The number of carbonyl (C=O) groups is 3. The van der Waals surface area contributed by atoms with Crippen molar-refractivity contribution in [1.82, 2.24) is 5.32 Å². The zero-order valence-corrected chi connectivity index (χ0v) is 12.4. The predicted molar refractivity (Wildman–Crippen MR) is 73.5 cm³/mol. The molecule has 0 bridgehead atoms. The van der Waals surface area contributed by atoms with Gasteiger partial charge >= 0.3 is 12.2 Å². The second-order valence-electron chi connectivity index (χ2n) is 4.26. The van der Waals surface area contributed by atoms with Gasteiger partial charge in [0.25, 0.3) is 0 Å². The minimum Gasteiger partial charge on any atom is -0.463 e. The fourth-order valence-corrected chi connectivity index (χ4v) is 1.36. The van der Waals surface area contributed by atoms with E-state index in [9.17, 15) is 14.4 Å². The number of ketones is 1. The van der Waals surface area contributed by atoms with Crippen LogP contribution < -0.4 is 5.32 Å². The van der Waals surface area contributed by atoms with E-state index in [-0.39, 0.29) is 25.9 Å². The van der Waals surface area contributed by atoms with Crippen molar-refractivity contribution in [2.75, 3.05) is 13.7 Å². The largest absolute Gasteiger partial charge is 0.463 e. The minimum atomic E-state index is -1.06. The predicted octanol–water partition coefficient (Wildman–Crippen LogP) is -0.387. The molecule has 2 atom stereocenters. The second kappa shape index (κ2) is 11.1. The maximum Gasteiger partial charge on any atom is 0.328 e. The van der Waals surface area contributed by atoms with E-state index in [1.165, 1.54) is 14.0 Å². The van der Waals surface area contributed by atoms with Crippen LogP contribution in [-0.2, 0) is 23.9 Å². The number of hydrogen-bond acceptors (Lipinski definition) is 6. The molecule has 1 N–H and O–H groups in total. The van der Waals surface area contributed by atoms with E-state index in [0.717, 1.165) is 0 Å². The number of hydrogen-bond donors (Lipinski definition) is 1. The molecule has 0 unspecified atom stereocenters. The molecular formula is C13H18N4O5. The number of nitriles is 1. The number of nitrogens with one attached hydrogen (secondary N) is 1. The summed E-state index contributed by atoms with van der Waals surface area (Å²) in [5, 5.41) is 10.8. The van der Waals surface area contributed by atoms with E-state index in [4.69, 9.17) is 20.3 Å². The summed E-state index contributed by atoms with van der Waals surface area (Å²) < 4.78 is 9.67. The van der Waals surface area contributed by atoms with Crippen LogP contribution in [0.2, 0.25) is 0 Å². The quantitative estimate of drug-likeness (QED) is 0.191. The average Bonchev–Trinajstić information content (AvgIpc) is 2.50. The molecule has 0 heterocycles. The number of amides is 1. The van der Waals surface area contributed by atoms with E-state index in [0.29, 0.717) is 6.21 Å². The molecule has 120 valence electrons. The van der Waals surface area contributed by atoms with Crippen LogP contribution in [0.15, 0.2) is 0 Å². The van der Waals surface area contributed by atoms with Crippen molar-refractivity contribution in [3.8, 4) is 6.07 Å². The van der Waals surface area contributed by atoms with Crippen LogP contribution in [0.1, 0.15) is 26.2 Å². The smallest absolute Gasteiger partial charge is 0.328 e. The van der Waals surface area contributed by atoms with Crippen LogP contribution in [0.3, 0.4) is 0 Å². The van der Waals surface area contributed by atoms with Gasteiger partial charge in [0.1, 0.15) is 18.8 Å². The Morgan fingerprint density at radius 3 is 2.68 bits per heavy atom. The van der Waals surface area contributed by atoms with Gasteiger partial charge in [-0.3, -0.25) is 9.59 Å². The zero-order chi connectivity index (χ0) is 17.0. The van der Waals surface area contributed by atoms with E-state index in [1.54, 1.807) is 0 Å². The Kier molecular flexibility index (Phi) is 9.84. The summed E-state index contributed by atoms with van der Waals surface area (Å²) in [6, 6.07) is 0.758. The van der Waals surface area contributed by atoms with E-state index in [2.05, 4.69) is 10.1 Å². The number of esters is 1. The number of rotatable bonds is 10. The molecule has 0 aliphatic rings. The molecule has 0 saturated carbocycles. The highest BCUT2D eigenvalue weighted by Gasteiger charge is 2.25.